The Morgan fingerprint density at radius 2 is 1.32 bits per heavy atom. The molecule has 3 unspecified atom stereocenters. The zero-order valence-corrected chi connectivity index (χ0v) is 22.9. The van der Waals surface area contributed by atoms with Crippen molar-refractivity contribution in [2.24, 2.45) is 5.92 Å². The fraction of sp³-hybridized carbons (Fsp3) is 0.769. The lowest BCUT2D eigenvalue weighted by Gasteiger charge is -2.09. The lowest BCUT2D eigenvalue weighted by molar-refractivity contribution is -0.146. The lowest BCUT2D eigenvalue weighted by Crippen LogP contribution is -2.20. The monoisotopic (exact) mass is 546 g/mol. The SMILES string of the molecule is C=C(CCCCC(=O)OCC1COC(=O)O1)CCC1COC(=O)O1.CC.CC(C)COCC1COC(=O)O1. The summed E-state index contributed by atoms with van der Waals surface area (Å²) in [5, 5.41) is 0. The van der Waals surface area contributed by atoms with E-state index in [1.165, 1.54) is 0 Å². The Hall–Kier alpha value is -3.02. The average molecular weight is 547 g/mol. The molecule has 12 heteroatoms. The van der Waals surface area contributed by atoms with Crippen LogP contribution in [0.3, 0.4) is 0 Å². The van der Waals surface area contributed by atoms with Gasteiger partial charge in [-0.25, -0.2) is 14.4 Å². The Morgan fingerprint density at radius 1 is 0.816 bits per heavy atom. The number of rotatable bonds is 14. The van der Waals surface area contributed by atoms with Gasteiger partial charge in [-0.1, -0.05) is 39.8 Å². The van der Waals surface area contributed by atoms with Crippen LogP contribution in [0, 0.1) is 5.92 Å². The molecule has 0 spiro atoms. The molecule has 0 N–H and O–H groups in total. The van der Waals surface area contributed by atoms with Crippen LogP contribution >= 0.6 is 0 Å². The fourth-order valence-corrected chi connectivity index (χ4v) is 3.23. The Balaban J connectivity index is 0.000000432. The van der Waals surface area contributed by atoms with Crippen LogP contribution in [-0.2, 0) is 42.7 Å². The van der Waals surface area contributed by atoms with Crippen molar-refractivity contribution in [2.45, 2.75) is 84.5 Å². The minimum absolute atomic E-state index is 0.0272. The Bertz CT molecular complexity index is 707. The van der Waals surface area contributed by atoms with E-state index in [9.17, 15) is 19.2 Å². The maximum absolute atomic E-state index is 11.6. The largest absolute Gasteiger partial charge is 0.508 e. The quantitative estimate of drug-likeness (QED) is 0.129. The van der Waals surface area contributed by atoms with Crippen molar-refractivity contribution in [3.05, 3.63) is 12.2 Å². The van der Waals surface area contributed by atoms with Gasteiger partial charge in [0, 0.05) is 13.0 Å². The van der Waals surface area contributed by atoms with Crippen molar-refractivity contribution in [1.82, 2.24) is 0 Å². The summed E-state index contributed by atoms with van der Waals surface area (Å²) in [6.07, 6.45) is 1.28. The molecule has 3 atom stereocenters. The van der Waals surface area contributed by atoms with Crippen LogP contribution in [0.1, 0.15) is 66.2 Å². The van der Waals surface area contributed by atoms with Crippen LogP contribution in [-0.4, -0.2) is 82.4 Å². The number of cyclic esters (lactones) is 6. The molecule has 38 heavy (non-hydrogen) atoms. The molecular weight excluding hydrogens is 504 g/mol. The second-order valence-corrected chi connectivity index (χ2v) is 9.01. The van der Waals surface area contributed by atoms with Crippen LogP contribution in [0.2, 0.25) is 0 Å². The number of hydrogen-bond donors (Lipinski definition) is 0. The fourth-order valence-electron chi connectivity index (χ4n) is 3.23. The zero-order chi connectivity index (χ0) is 28.3. The number of unbranched alkanes of at least 4 members (excludes halogenated alkanes) is 1. The summed E-state index contributed by atoms with van der Waals surface area (Å²) in [6.45, 7) is 14.0. The van der Waals surface area contributed by atoms with Crippen LogP contribution in [0.25, 0.3) is 0 Å². The van der Waals surface area contributed by atoms with Crippen molar-refractivity contribution in [2.75, 3.05) is 39.6 Å². The molecule has 3 saturated heterocycles. The summed E-state index contributed by atoms with van der Waals surface area (Å²) in [5.74, 6) is 0.182. The topological polar surface area (TPSA) is 142 Å². The Kier molecular flexibility index (Phi) is 16.6. The van der Waals surface area contributed by atoms with Gasteiger partial charge in [0.1, 0.15) is 32.5 Å². The van der Waals surface area contributed by atoms with Crippen LogP contribution in [0.4, 0.5) is 14.4 Å². The first kappa shape index (κ1) is 33.0. The van der Waals surface area contributed by atoms with E-state index >= 15 is 0 Å². The molecule has 218 valence electrons. The third-order valence-corrected chi connectivity index (χ3v) is 5.12. The molecule has 3 heterocycles. The van der Waals surface area contributed by atoms with E-state index in [2.05, 4.69) is 29.9 Å². The first-order valence-electron chi connectivity index (χ1n) is 13.1. The highest BCUT2D eigenvalue weighted by molar-refractivity contribution is 5.69. The van der Waals surface area contributed by atoms with Crippen molar-refractivity contribution in [3.8, 4) is 0 Å². The van der Waals surface area contributed by atoms with E-state index in [-0.39, 0.29) is 31.4 Å². The van der Waals surface area contributed by atoms with E-state index in [4.69, 9.17) is 28.4 Å². The van der Waals surface area contributed by atoms with Gasteiger partial charge in [0.2, 0.25) is 0 Å². The van der Waals surface area contributed by atoms with Gasteiger partial charge in [0.15, 0.2) is 12.2 Å². The van der Waals surface area contributed by atoms with E-state index in [1.807, 2.05) is 13.8 Å². The highest BCUT2D eigenvalue weighted by Crippen LogP contribution is 2.18. The molecule has 0 aromatic carbocycles. The highest BCUT2D eigenvalue weighted by atomic mass is 16.8. The smallest absolute Gasteiger partial charge is 0.462 e. The molecule has 0 aromatic heterocycles. The molecule has 3 fully saturated rings. The molecule has 0 amide bonds. The molecule has 0 radical (unpaired) electrons. The summed E-state index contributed by atoms with van der Waals surface area (Å²) >= 11 is 0. The van der Waals surface area contributed by atoms with Gasteiger partial charge in [-0.3, -0.25) is 4.79 Å². The highest BCUT2D eigenvalue weighted by Gasteiger charge is 2.27. The molecular formula is C26H42O12. The molecule has 0 aliphatic carbocycles. The lowest BCUT2D eigenvalue weighted by atomic mass is 10.0. The number of ether oxygens (including phenoxy) is 8. The number of carbonyl (C=O) groups is 4. The summed E-state index contributed by atoms with van der Waals surface area (Å²) in [4.78, 5) is 43.5. The van der Waals surface area contributed by atoms with Gasteiger partial charge in [0.25, 0.3) is 0 Å². The van der Waals surface area contributed by atoms with E-state index in [0.717, 1.165) is 24.8 Å². The van der Waals surface area contributed by atoms with Gasteiger partial charge >= 0.3 is 24.4 Å². The number of carbonyl (C=O) groups excluding carboxylic acids is 4. The van der Waals surface area contributed by atoms with Crippen LogP contribution < -0.4 is 0 Å². The first-order chi connectivity index (χ1) is 18.2. The summed E-state index contributed by atoms with van der Waals surface area (Å²) in [6, 6.07) is 0. The van der Waals surface area contributed by atoms with Gasteiger partial charge in [0.05, 0.1) is 6.61 Å². The van der Waals surface area contributed by atoms with E-state index in [1.54, 1.807) is 0 Å². The summed E-state index contributed by atoms with van der Waals surface area (Å²) in [5.41, 5.74) is 1.06. The van der Waals surface area contributed by atoms with Crippen LogP contribution in [0.15, 0.2) is 12.2 Å². The van der Waals surface area contributed by atoms with E-state index in [0.29, 0.717) is 51.6 Å². The summed E-state index contributed by atoms with van der Waals surface area (Å²) in [7, 11) is 0. The van der Waals surface area contributed by atoms with Gasteiger partial charge in [-0.15, -0.1) is 0 Å². The van der Waals surface area contributed by atoms with Gasteiger partial charge < -0.3 is 37.9 Å². The number of allylic oxidation sites excluding steroid dienone is 1. The van der Waals surface area contributed by atoms with Crippen molar-refractivity contribution >= 4 is 24.4 Å². The number of esters is 1. The molecule has 3 aliphatic heterocycles. The minimum atomic E-state index is -0.728. The predicted octanol–water partition coefficient (Wildman–Crippen LogP) is 4.72. The summed E-state index contributed by atoms with van der Waals surface area (Å²) < 4.78 is 38.6. The maximum atomic E-state index is 11.6. The van der Waals surface area contributed by atoms with Gasteiger partial charge in [-0.05, 0) is 38.0 Å². The van der Waals surface area contributed by atoms with Crippen molar-refractivity contribution < 1.29 is 57.1 Å². The second-order valence-electron chi connectivity index (χ2n) is 9.01. The maximum Gasteiger partial charge on any atom is 0.508 e. The van der Waals surface area contributed by atoms with Gasteiger partial charge in [-0.2, -0.15) is 0 Å². The molecule has 0 saturated carbocycles. The molecule has 12 nitrogen and oxygen atoms in total. The molecule has 3 aliphatic rings. The molecule has 0 aromatic rings. The molecule has 3 rings (SSSR count). The Morgan fingerprint density at radius 3 is 1.82 bits per heavy atom. The third-order valence-electron chi connectivity index (χ3n) is 5.12. The normalized spacial score (nSPS) is 21.4. The average Bonchev–Trinajstić information content (AvgIpc) is 3.62. The zero-order valence-electron chi connectivity index (χ0n) is 22.9. The van der Waals surface area contributed by atoms with E-state index < -0.39 is 24.6 Å². The number of hydrogen-bond acceptors (Lipinski definition) is 12. The molecule has 0 bridgehead atoms. The minimum Gasteiger partial charge on any atom is -0.462 e. The second kappa shape index (κ2) is 19.1. The van der Waals surface area contributed by atoms with Crippen molar-refractivity contribution in [3.63, 3.8) is 0 Å². The first-order valence-corrected chi connectivity index (χ1v) is 13.1. The third kappa shape index (κ3) is 15.3. The van der Waals surface area contributed by atoms with Crippen molar-refractivity contribution in [1.29, 1.82) is 0 Å². The van der Waals surface area contributed by atoms with Crippen LogP contribution in [0.5, 0.6) is 0 Å². The Labute approximate surface area is 224 Å². The predicted molar refractivity (Wildman–Crippen MR) is 133 cm³/mol. The standard InChI is InChI=1S/C16H22O8.C8H14O4.C2H6/c1-11(6-7-12-8-21-15(18)23-12)4-2-3-5-14(17)20-9-13-10-22-16(19)24-13;1-6(2)3-10-4-7-5-11-8(9)12-7;1-2/h12-13H,1-10H2;6-7H,3-5H2,1-2H3;1-2H3.